The van der Waals surface area contributed by atoms with Gasteiger partial charge < -0.3 is 10.2 Å². The van der Waals surface area contributed by atoms with E-state index in [1.807, 2.05) is 6.92 Å². The van der Waals surface area contributed by atoms with E-state index >= 15 is 0 Å². The number of piperazine rings is 1. The van der Waals surface area contributed by atoms with Crippen molar-refractivity contribution in [3.63, 3.8) is 0 Å². The number of nitrogens with zero attached hydrogens (tertiary/aromatic N) is 1. The van der Waals surface area contributed by atoms with Gasteiger partial charge in [-0.25, -0.2) is 0 Å². The number of hydrogen-bond donors (Lipinski definition) is 2. The van der Waals surface area contributed by atoms with Crippen LogP contribution in [0.4, 0.5) is 0 Å². The predicted molar refractivity (Wildman–Crippen MR) is 55.1 cm³/mol. The monoisotopic (exact) mass is 197 g/mol. The van der Waals surface area contributed by atoms with Gasteiger partial charge in [0.05, 0.1) is 6.04 Å². The molecule has 2 rings (SSSR count). The fraction of sp³-hybridized carbons (Fsp3) is 0.900. The van der Waals surface area contributed by atoms with Crippen molar-refractivity contribution in [1.82, 2.24) is 15.5 Å². The molecule has 1 spiro atoms. The van der Waals surface area contributed by atoms with Gasteiger partial charge >= 0.3 is 0 Å². The van der Waals surface area contributed by atoms with Gasteiger partial charge in [0, 0.05) is 12.1 Å². The minimum atomic E-state index is -0.0350. The Hall–Kier alpha value is -0.610. The van der Waals surface area contributed by atoms with Gasteiger partial charge in [-0.1, -0.05) is 0 Å². The van der Waals surface area contributed by atoms with Crippen LogP contribution in [-0.4, -0.2) is 49.1 Å². The SMILES string of the molecule is CC1NC2(CCN(C)CC2)CNC1=O. The van der Waals surface area contributed by atoms with Crippen LogP contribution in [0.15, 0.2) is 0 Å². The lowest BCUT2D eigenvalue weighted by atomic mass is 9.85. The van der Waals surface area contributed by atoms with Gasteiger partial charge in [-0.2, -0.15) is 0 Å². The number of nitrogens with one attached hydrogen (secondary N) is 2. The molecule has 0 saturated carbocycles. The second-order valence-corrected chi connectivity index (χ2v) is 4.67. The van der Waals surface area contributed by atoms with Crippen LogP contribution in [0.2, 0.25) is 0 Å². The lowest BCUT2D eigenvalue weighted by Gasteiger charge is -2.45. The van der Waals surface area contributed by atoms with Crippen molar-refractivity contribution in [3.05, 3.63) is 0 Å². The molecular weight excluding hydrogens is 178 g/mol. The molecule has 0 aromatic heterocycles. The summed E-state index contributed by atoms with van der Waals surface area (Å²) >= 11 is 0. The maximum Gasteiger partial charge on any atom is 0.236 e. The van der Waals surface area contributed by atoms with E-state index in [2.05, 4.69) is 22.6 Å². The maximum absolute atomic E-state index is 11.3. The molecular formula is C10H19N3O. The highest BCUT2D eigenvalue weighted by atomic mass is 16.2. The molecule has 14 heavy (non-hydrogen) atoms. The molecule has 1 unspecified atom stereocenters. The van der Waals surface area contributed by atoms with Gasteiger partial charge in [0.15, 0.2) is 0 Å². The van der Waals surface area contributed by atoms with Crippen LogP contribution in [0.3, 0.4) is 0 Å². The lowest BCUT2D eigenvalue weighted by molar-refractivity contribution is -0.126. The normalized spacial score (nSPS) is 33.0. The minimum Gasteiger partial charge on any atom is -0.353 e. The maximum atomic E-state index is 11.3. The third-order valence-electron chi connectivity index (χ3n) is 3.46. The molecule has 0 aliphatic carbocycles. The van der Waals surface area contributed by atoms with E-state index in [9.17, 15) is 4.79 Å². The first kappa shape index (κ1) is 9.93. The van der Waals surface area contributed by atoms with Crippen LogP contribution in [0.5, 0.6) is 0 Å². The summed E-state index contributed by atoms with van der Waals surface area (Å²) < 4.78 is 0. The van der Waals surface area contributed by atoms with Gasteiger partial charge in [0.1, 0.15) is 0 Å². The third-order valence-corrected chi connectivity index (χ3v) is 3.46. The summed E-state index contributed by atoms with van der Waals surface area (Å²) in [6.45, 7) is 4.98. The molecule has 2 saturated heterocycles. The van der Waals surface area contributed by atoms with E-state index in [1.54, 1.807) is 0 Å². The van der Waals surface area contributed by atoms with Gasteiger partial charge in [-0.15, -0.1) is 0 Å². The minimum absolute atomic E-state index is 0.0350. The van der Waals surface area contributed by atoms with Crippen LogP contribution in [0, 0.1) is 0 Å². The van der Waals surface area contributed by atoms with Gasteiger partial charge in [-0.3, -0.25) is 10.1 Å². The summed E-state index contributed by atoms with van der Waals surface area (Å²) in [5.41, 5.74) is 0.167. The van der Waals surface area contributed by atoms with Crippen LogP contribution in [0.1, 0.15) is 19.8 Å². The second-order valence-electron chi connectivity index (χ2n) is 4.67. The van der Waals surface area contributed by atoms with E-state index in [0.29, 0.717) is 0 Å². The first-order valence-electron chi connectivity index (χ1n) is 5.35. The number of piperidine rings is 1. The highest BCUT2D eigenvalue weighted by Gasteiger charge is 2.39. The van der Waals surface area contributed by atoms with E-state index in [4.69, 9.17) is 0 Å². The Kier molecular flexibility index (Phi) is 2.49. The van der Waals surface area contributed by atoms with Crippen molar-refractivity contribution in [2.24, 2.45) is 0 Å². The Morgan fingerprint density at radius 1 is 1.43 bits per heavy atom. The fourth-order valence-corrected chi connectivity index (χ4v) is 2.35. The molecule has 4 nitrogen and oxygen atoms in total. The largest absolute Gasteiger partial charge is 0.353 e. The fourth-order valence-electron chi connectivity index (χ4n) is 2.35. The highest BCUT2D eigenvalue weighted by Crippen LogP contribution is 2.23. The molecule has 0 bridgehead atoms. The van der Waals surface area contributed by atoms with Gasteiger partial charge in [-0.05, 0) is 39.9 Å². The molecule has 1 atom stereocenters. The number of carbonyl (C=O) groups is 1. The van der Waals surface area contributed by atoms with Crippen molar-refractivity contribution in [2.45, 2.75) is 31.3 Å². The van der Waals surface area contributed by atoms with E-state index < -0.39 is 0 Å². The average Bonchev–Trinajstić information content (AvgIpc) is 2.18. The molecule has 4 heteroatoms. The molecule has 0 radical (unpaired) electrons. The quantitative estimate of drug-likeness (QED) is 0.553. The van der Waals surface area contributed by atoms with Crippen molar-refractivity contribution in [3.8, 4) is 0 Å². The van der Waals surface area contributed by atoms with Crippen LogP contribution in [-0.2, 0) is 4.79 Å². The molecule has 1 amide bonds. The molecule has 2 heterocycles. The topological polar surface area (TPSA) is 44.4 Å². The zero-order chi connectivity index (χ0) is 10.2. The summed E-state index contributed by atoms with van der Waals surface area (Å²) in [6, 6.07) is -0.0350. The lowest BCUT2D eigenvalue weighted by Crippen LogP contribution is -2.67. The summed E-state index contributed by atoms with van der Waals surface area (Å²) in [7, 11) is 2.15. The molecule has 2 fully saturated rings. The molecule has 0 aromatic rings. The summed E-state index contributed by atoms with van der Waals surface area (Å²) in [5.74, 6) is 0.134. The van der Waals surface area contributed by atoms with Gasteiger partial charge in [0.25, 0.3) is 0 Å². The first-order chi connectivity index (χ1) is 6.61. The van der Waals surface area contributed by atoms with Crippen molar-refractivity contribution < 1.29 is 4.79 Å². The summed E-state index contributed by atoms with van der Waals surface area (Å²) in [5, 5.41) is 6.45. The van der Waals surface area contributed by atoms with Crippen molar-refractivity contribution >= 4 is 5.91 Å². The number of carbonyl (C=O) groups excluding carboxylic acids is 1. The molecule has 2 aliphatic rings. The molecule has 80 valence electrons. The number of amides is 1. The Morgan fingerprint density at radius 2 is 2.07 bits per heavy atom. The average molecular weight is 197 g/mol. The van der Waals surface area contributed by atoms with Crippen LogP contribution < -0.4 is 10.6 Å². The first-order valence-corrected chi connectivity index (χ1v) is 5.35. The zero-order valence-corrected chi connectivity index (χ0v) is 8.97. The number of likely N-dealkylation sites (tertiary alicyclic amines) is 1. The van der Waals surface area contributed by atoms with E-state index in [1.165, 1.54) is 0 Å². The van der Waals surface area contributed by atoms with E-state index in [0.717, 1.165) is 32.5 Å². The van der Waals surface area contributed by atoms with Crippen molar-refractivity contribution in [2.75, 3.05) is 26.7 Å². The Morgan fingerprint density at radius 3 is 2.64 bits per heavy atom. The Bertz CT molecular complexity index is 234. The molecule has 2 N–H and O–H groups in total. The van der Waals surface area contributed by atoms with Gasteiger partial charge in [0.2, 0.25) is 5.91 Å². The summed E-state index contributed by atoms with van der Waals surface area (Å²) in [4.78, 5) is 13.6. The predicted octanol–water partition coefficient (Wildman–Crippen LogP) is -0.441. The molecule has 0 aromatic carbocycles. The van der Waals surface area contributed by atoms with E-state index in [-0.39, 0.29) is 17.5 Å². The Balaban J connectivity index is 2.00. The zero-order valence-electron chi connectivity index (χ0n) is 8.97. The molecule has 2 aliphatic heterocycles. The smallest absolute Gasteiger partial charge is 0.236 e. The number of rotatable bonds is 0. The Labute approximate surface area is 85.0 Å². The van der Waals surface area contributed by atoms with Crippen LogP contribution >= 0.6 is 0 Å². The van der Waals surface area contributed by atoms with Crippen LogP contribution in [0.25, 0.3) is 0 Å². The standard InChI is InChI=1S/C10H19N3O/c1-8-9(14)11-7-10(12-8)3-5-13(2)6-4-10/h8,12H,3-7H2,1-2H3,(H,11,14). The third kappa shape index (κ3) is 1.77. The summed E-state index contributed by atoms with van der Waals surface area (Å²) in [6.07, 6.45) is 2.27. The highest BCUT2D eigenvalue weighted by molar-refractivity contribution is 5.82. The second kappa shape index (κ2) is 3.51. The number of hydrogen-bond acceptors (Lipinski definition) is 3. The van der Waals surface area contributed by atoms with Crippen molar-refractivity contribution in [1.29, 1.82) is 0 Å².